The standard InChI is InChI=1S/C13H17N/c1-4-8-12(6-3)13(9-5-2)10-7-11-14/h4-11,14H,2H2,1,3H3/b8-4-,10-7-,12-6+,13-9+,14-11?. The Labute approximate surface area is 86.4 Å². The van der Waals surface area contributed by atoms with Crippen LogP contribution in [-0.4, -0.2) is 6.21 Å². The Bertz CT molecular complexity index is 301. The molecular weight excluding hydrogens is 170 g/mol. The Hall–Kier alpha value is -1.63. The Morgan fingerprint density at radius 1 is 1.14 bits per heavy atom. The van der Waals surface area contributed by atoms with Gasteiger partial charge in [-0.2, -0.15) is 0 Å². The number of rotatable bonds is 5. The van der Waals surface area contributed by atoms with Crippen LogP contribution in [-0.2, 0) is 0 Å². The molecule has 0 saturated carbocycles. The molecule has 0 bridgehead atoms. The summed E-state index contributed by atoms with van der Waals surface area (Å²) >= 11 is 0. The van der Waals surface area contributed by atoms with Crippen molar-refractivity contribution in [1.82, 2.24) is 0 Å². The van der Waals surface area contributed by atoms with Crippen LogP contribution in [0.5, 0.6) is 0 Å². The van der Waals surface area contributed by atoms with E-state index in [2.05, 4.69) is 6.58 Å². The minimum atomic E-state index is 1.06. The third-order valence-electron chi connectivity index (χ3n) is 1.66. The van der Waals surface area contributed by atoms with Gasteiger partial charge in [-0.1, -0.05) is 43.0 Å². The van der Waals surface area contributed by atoms with E-state index in [1.807, 2.05) is 44.2 Å². The molecule has 0 aliphatic rings. The number of nitrogens with one attached hydrogen (secondary N) is 1. The van der Waals surface area contributed by atoms with E-state index in [4.69, 9.17) is 5.41 Å². The minimum absolute atomic E-state index is 1.06. The van der Waals surface area contributed by atoms with Crippen molar-refractivity contribution in [1.29, 1.82) is 5.41 Å². The van der Waals surface area contributed by atoms with Crippen LogP contribution in [0.3, 0.4) is 0 Å². The van der Waals surface area contributed by atoms with E-state index in [0.29, 0.717) is 0 Å². The van der Waals surface area contributed by atoms with Crippen LogP contribution in [0.25, 0.3) is 0 Å². The molecule has 0 heterocycles. The van der Waals surface area contributed by atoms with Crippen molar-refractivity contribution in [2.75, 3.05) is 0 Å². The molecule has 0 unspecified atom stereocenters. The topological polar surface area (TPSA) is 23.9 Å². The van der Waals surface area contributed by atoms with Crippen molar-refractivity contribution < 1.29 is 0 Å². The summed E-state index contributed by atoms with van der Waals surface area (Å²) in [7, 11) is 0. The summed E-state index contributed by atoms with van der Waals surface area (Å²) in [6.45, 7) is 7.64. The van der Waals surface area contributed by atoms with Crippen molar-refractivity contribution in [3.63, 3.8) is 0 Å². The smallest absolute Gasteiger partial charge is 0.0177 e. The summed E-state index contributed by atoms with van der Waals surface area (Å²) in [6, 6.07) is 0. The zero-order valence-electron chi connectivity index (χ0n) is 8.83. The van der Waals surface area contributed by atoms with E-state index >= 15 is 0 Å². The lowest BCUT2D eigenvalue weighted by Crippen LogP contribution is -1.82. The molecule has 0 amide bonds. The van der Waals surface area contributed by atoms with Gasteiger partial charge < -0.3 is 5.41 Å². The fraction of sp³-hybridized carbons (Fsp3) is 0.154. The van der Waals surface area contributed by atoms with E-state index in [1.54, 1.807) is 12.2 Å². The Kier molecular flexibility index (Phi) is 7.06. The number of hydrogen-bond donors (Lipinski definition) is 1. The van der Waals surface area contributed by atoms with Crippen LogP contribution in [0.4, 0.5) is 0 Å². The summed E-state index contributed by atoms with van der Waals surface area (Å²) < 4.78 is 0. The second-order valence-electron chi connectivity index (χ2n) is 2.63. The van der Waals surface area contributed by atoms with E-state index in [-0.39, 0.29) is 0 Å². The molecule has 0 saturated heterocycles. The molecule has 0 aromatic rings. The van der Waals surface area contributed by atoms with Crippen molar-refractivity contribution in [2.24, 2.45) is 0 Å². The molecule has 74 valence electrons. The van der Waals surface area contributed by atoms with Gasteiger partial charge in [-0.15, -0.1) is 0 Å². The molecule has 0 aliphatic carbocycles. The maximum Gasteiger partial charge on any atom is 0.0177 e. The lowest BCUT2D eigenvalue weighted by Gasteiger charge is -2.01. The van der Waals surface area contributed by atoms with Crippen LogP contribution in [0, 0.1) is 5.41 Å². The SMILES string of the molecule is C=C/C=C(\C=C/C=N)C(/C=C\C)=C/C. The normalized spacial score (nSPS) is 13.9. The fourth-order valence-electron chi connectivity index (χ4n) is 1.07. The van der Waals surface area contributed by atoms with Gasteiger partial charge in [0.2, 0.25) is 0 Å². The third kappa shape index (κ3) is 4.41. The second-order valence-corrected chi connectivity index (χ2v) is 2.63. The lowest BCUT2D eigenvalue weighted by molar-refractivity contribution is 1.48. The van der Waals surface area contributed by atoms with Gasteiger partial charge in [0.05, 0.1) is 0 Å². The number of hydrogen-bond acceptors (Lipinski definition) is 1. The predicted molar refractivity (Wildman–Crippen MR) is 64.8 cm³/mol. The molecule has 1 N–H and O–H groups in total. The van der Waals surface area contributed by atoms with Gasteiger partial charge in [0.25, 0.3) is 0 Å². The number of allylic oxidation sites excluding steroid dienone is 9. The molecule has 0 spiro atoms. The summed E-state index contributed by atoms with van der Waals surface area (Å²) in [6.07, 6.45) is 14.6. The molecule has 0 rings (SSSR count). The first-order valence-corrected chi connectivity index (χ1v) is 4.59. The zero-order chi connectivity index (χ0) is 10.8. The van der Waals surface area contributed by atoms with Gasteiger partial charge in [0, 0.05) is 6.21 Å². The van der Waals surface area contributed by atoms with Crippen LogP contribution in [0.1, 0.15) is 13.8 Å². The molecular formula is C13H17N. The molecule has 0 aliphatic heterocycles. The van der Waals surface area contributed by atoms with E-state index in [0.717, 1.165) is 11.1 Å². The Balaban J connectivity index is 4.98. The molecule has 1 heteroatoms. The van der Waals surface area contributed by atoms with E-state index in [1.165, 1.54) is 6.21 Å². The second kappa shape index (κ2) is 7.99. The van der Waals surface area contributed by atoms with Crippen LogP contribution >= 0.6 is 0 Å². The molecule has 1 nitrogen and oxygen atoms in total. The first-order valence-electron chi connectivity index (χ1n) is 4.59. The largest absolute Gasteiger partial charge is 0.309 e. The first kappa shape index (κ1) is 12.4. The fourth-order valence-corrected chi connectivity index (χ4v) is 1.07. The van der Waals surface area contributed by atoms with Gasteiger partial charge in [0.1, 0.15) is 0 Å². The Morgan fingerprint density at radius 3 is 2.29 bits per heavy atom. The summed E-state index contributed by atoms with van der Waals surface area (Å²) in [5, 5.41) is 6.93. The van der Waals surface area contributed by atoms with Crippen LogP contribution in [0.15, 0.2) is 60.3 Å². The first-order chi connectivity index (χ1) is 6.79. The highest BCUT2D eigenvalue weighted by molar-refractivity contribution is 5.69. The third-order valence-corrected chi connectivity index (χ3v) is 1.66. The average Bonchev–Trinajstić information content (AvgIpc) is 2.21. The predicted octanol–water partition coefficient (Wildman–Crippen LogP) is 3.83. The van der Waals surface area contributed by atoms with Gasteiger partial charge >= 0.3 is 0 Å². The quantitative estimate of drug-likeness (QED) is 0.499. The highest BCUT2D eigenvalue weighted by atomic mass is 14.3. The zero-order valence-corrected chi connectivity index (χ0v) is 8.83. The molecule has 0 radical (unpaired) electrons. The van der Waals surface area contributed by atoms with Gasteiger partial charge in [-0.25, -0.2) is 0 Å². The summed E-state index contributed by atoms with van der Waals surface area (Å²) in [5.74, 6) is 0. The maximum atomic E-state index is 6.93. The Morgan fingerprint density at radius 2 is 1.86 bits per heavy atom. The van der Waals surface area contributed by atoms with E-state index < -0.39 is 0 Å². The monoisotopic (exact) mass is 187 g/mol. The minimum Gasteiger partial charge on any atom is -0.309 e. The van der Waals surface area contributed by atoms with Crippen LogP contribution in [0.2, 0.25) is 0 Å². The van der Waals surface area contributed by atoms with E-state index in [9.17, 15) is 0 Å². The highest BCUT2D eigenvalue weighted by Crippen LogP contribution is 2.13. The maximum absolute atomic E-state index is 6.93. The van der Waals surface area contributed by atoms with Crippen LogP contribution < -0.4 is 0 Å². The summed E-state index contributed by atoms with van der Waals surface area (Å²) in [5.41, 5.74) is 2.19. The van der Waals surface area contributed by atoms with Gasteiger partial charge in [0.15, 0.2) is 0 Å². The molecule has 0 aromatic carbocycles. The van der Waals surface area contributed by atoms with Crippen molar-refractivity contribution in [3.05, 3.63) is 60.3 Å². The van der Waals surface area contributed by atoms with Gasteiger partial charge in [-0.3, -0.25) is 0 Å². The van der Waals surface area contributed by atoms with Crippen molar-refractivity contribution >= 4 is 6.21 Å². The average molecular weight is 187 g/mol. The van der Waals surface area contributed by atoms with Gasteiger partial charge in [-0.05, 0) is 31.1 Å². The van der Waals surface area contributed by atoms with Crippen molar-refractivity contribution in [3.8, 4) is 0 Å². The van der Waals surface area contributed by atoms with Crippen molar-refractivity contribution in [2.45, 2.75) is 13.8 Å². The summed E-state index contributed by atoms with van der Waals surface area (Å²) in [4.78, 5) is 0. The molecule has 0 aromatic heterocycles. The molecule has 0 fully saturated rings. The molecule has 0 atom stereocenters. The highest BCUT2D eigenvalue weighted by Gasteiger charge is 1.94. The molecule has 14 heavy (non-hydrogen) atoms. The lowest BCUT2D eigenvalue weighted by atomic mass is 10.0.